The number of aromatic amines is 1. The van der Waals surface area contributed by atoms with E-state index in [9.17, 15) is 38.7 Å². The van der Waals surface area contributed by atoms with E-state index in [1.807, 2.05) is 52.0 Å². The van der Waals surface area contributed by atoms with Gasteiger partial charge in [-0.1, -0.05) is 59.7 Å². The second-order valence-electron chi connectivity index (χ2n) is 14.2. The average molecular weight is 713 g/mol. The Morgan fingerprint density at radius 2 is 1.14 bits per heavy atom. The summed E-state index contributed by atoms with van der Waals surface area (Å²) in [5, 5.41) is 26.5. The third-order valence-electron chi connectivity index (χ3n) is 8.51. The number of carbonyl (C=O) groups excluding carboxylic acids is 7. The molecule has 3 rings (SSSR count). The molecule has 0 unspecified atom stereocenters. The van der Waals surface area contributed by atoms with E-state index in [-0.39, 0.29) is 31.1 Å². The molecule has 1 aromatic heterocycles. The Hall–Kier alpha value is -4.99. The number of aliphatic hydroxyl groups excluding tert-OH is 1. The van der Waals surface area contributed by atoms with E-state index >= 15 is 0 Å². The molecule has 0 saturated carbocycles. The van der Waals surface area contributed by atoms with Crippen molar-refractivity contribution in [1.82, 2.24) is 36.9 Å². The number of hydrogen-bond donors (Lipinski definition) is 9. The molecule has 0 spiro atoms. The highest BCUT2D eigenvalue weighted by molar-refractivity contribution is 5.99. The first-order valence-electron chi connectivity index (χ1n) is 17.3. The predicted molar refractivity (Wildman–Crippen MR) is 188 cm³/mol. The highest BCUT2D eigenvalue weighted by Gasteiger charge is 2.36. The summed E-state index contributed by atoms with van der Waals surface area (Å²) in [4.78, 5) is 97.1. The van der Waals surface area contributed by atoms with Crippen molar-refractivity contribution >= 4 is 52.3 Å². The molecule has 2 heterocycles. The Bertz CT molecular complexity index is 1590. The van der Waals surface area contributed by atoms with Crippen molar-refractivity contribution in [3.63, 3.8) is 0 Å². The van der Waals surface area contributed by atoms with Gasteiger partial charge in [0, 0.05) is 23.5 Å². The van der Waals surface area contributed by atoms with Crippen LogP contribution in [-0.2, 0) is 40.0 Å². The van der Waals surface area contributed by atoms with Crippen LogP contribution in [0, 0.1) is 17.8 Å². The summed E-state index contributed by atoms with van der Waals surface area (Å²) in [6.45, 7) is 9.84. The minimum Gasteiger partial charge on any atom is -0.394 e. The van der Waals surface area contributed by atoms with Gasteiger partial charge in [0.15, 0.2) is 0 Å². The number of para-hydroxylation sites is 1. The molecule has 0 radical (unpaired) electrons. The number of hydrogen-bond acceptors (Lipinski definition) is 8. The van der Waals surface area contributed by atoms with E-state index in [0.29, 0.717) is 5.56 Å². The lowest BCUT2D eigenvalue weighted by molar-refractivity contribution is -0.138. The third kappa shape index (κ3) is 11.5. The summed E-state index contributed by atoms with van der Waals surface area (Å²) in [5.74, 6) is -6.38. The summed E-state index contributed by atoms with van der Waals surface area (Å²) in [6, 6.07) is -0.594. The third-order valence-corrected chi connectivity index (χ3v) is 8.51. The Morgan fingerprint density at radius 1 is 0.667 bits per heavy atom. The summed E-state index contributed by atoms with van der Waals surface area (Å²) in [5.41, 5.74) is 6.83. The largest absolute Gasteiger partial charge is 0.394 e. The number of carbonyl (C=O) groups is 7. The maximum Gasteiger partial charge on any atom is 0.245 e. The van der Waals surface area contributed by atoms with Crippen molar-refractivity contribution in [3.8, 4) is 0 Å². The Labute approximate surface area is 297 Å². The number of fused-ring (bicyclic) bond motifs is 1. The van der Waals surface area contributed by atoms with Crippen molar-refractivity contribution in [2.45, 2.75) is 103 Å². The van der Waals surface area contributed by atoms with Gasteiger partial charge in [-0.15, -0.1) is 0 Å². The molecule has 2 aromatic rings. The minimum atomic E-state index is -1.62. The Kier molecular flexibility index (Phi) is 14.5. The molecular weight excluding hydrogens is 660 g/mol. The van der Waals surface area contributed by atoms with Crippen LogP contribution in [0.25, 0.3) is 10.9 Å². The highest BCUT2D eigenvalue weighted by atomic mass is 16.3. The summed E-state index contributed by atoms with van der Waals surface area (Å²) >= 11 is 0. The van der Waals surface area contributed by atoms with Gasteiger partial charge in [0.1, 0.15) is 36.3 Å². The van der Waals surface area contributed by atoms with Crippen molar-refractivity contribution in [3.05, 3.63) is 36.0 Å². The lowest BCUT2D eigenvalue weighted by atomic mass is 9.97. The van der Waals surface area contributed by atoms with Crippen LogP contribution in [0.4, 0.5) is 0 Å². The van der Waals surface area contributed by atoms with E-state index in [1.54, 1.807) is 20.0 Å². The van der Waals surface area contributed by atoms with Crippen LogP contribution in [-0.4, -0.2) is 94.3 Å². The molecule has 51 heavy (non-hydrogen) atoms. The lowest BCUT2D eigenvalue weighted by Gasteiger charge is -2.30. The smallest absolute Gasteiger partial charge is 0.245 e. The zero-order chi connectivity index (χ0) is 38.0. The van der Waals surface area contributed by atoms with Gasteiger partial charge in [0.25, 0.3) is 0 Å². The molecule has 7 amide bonds. The monoisotopic (exact) mass is 712 g/mol. The first-order valence-corrected chi connectivity index (χ1v) is 17.3. The zero-order valence-corrected chi connectivity index (χ0v) is 30.0. The van der Waals surface area contributed by atoms with Crippen LogP contribution >= 0.6 is 0 Å². The fourth-order valence-corrected chi connectivity index (χ4v) is 5.88. The summed E-state index contributed by atoms with van der Waals surface area (Å²) in [7, 11) is 0. The zero-order valence-electron chi connectivity index (χ0n) is 30.0. The quantitative estimate of drug-likeness (QED) is 0.151. The number of aromatic nitrogens is 1. The van der Waals surface area contributed by atoms with Gasteiger partial charge in [0.2, 0.25) is 41.4 Å². The van der Waals surface area contributed by atoms with E-state index in [0.717, 1.165) is 10.9 Å². The number of nitrogens with one attached hydrogen (secondary N) is 7. The van der Waals surface area contributed by atoms with Gasteiger partial charge in [-0.05, 0) is 42.2 Å². The second kappa shape index (κ2) is 18.3. The standard InChI is InChI=1S/C35H52N8O8/c1-17(2)11-23-30(46)39-24(12-18(3)4)33(49)43-29(19(5)6)35(51)41-26(14-28(36)45)32(48)42-27(16-44)34(50)40-25(31(47)38-23)13-20-15-37-22-10-8-7-9-21(20)22/h7-10,15,17-19,23-27,29,37,44H,11-14,16H2,1-6H3,(H2,36,45)(H,38,47)(H,39,46)(H,40,50)(H,41,51)(H,42,48)(H,43,49)/t23-,24+,25-,26-,27+,29-/m0/s1. The Balaban J connectivity index is 2.10. The number of benzene rings is 1. The molecule has 1 aliphatic rings. The first-order chi connectivity index (χ1) is 24.0. The minimum absolute atomic E-state index is 0.0426. The van der Waals surface area contributed by atoms with Gasteiger partial charge in [-0.3, -0.25) is 33.6 Å². The fourth-order valence-electron chi connectivity index (χ4n) is 5.88. The van der Waals surface area contributed by atoms with Gasteiger partial charge in [0.05, 0.1) is 13.0 Å². The van der Waals surface area contributed by atoms with E-state index in [2.05, 4.69) is 36.9 Å². The number of aliphatic hydroxyl groups is 1. The predicted octanol–water partition coefficient (Wildman–Crippen LogP) is -0.751. The molecule has 1 fully saturated rings. The maximum absolute atomic E-state index is 14.0. The number of amides is 7. The van der Waals surface area contributed by atoms with Gasteiger partial charge in [-0.25, -0.2) is 0 Å². The molecule has 6 atom stereocenters. The first kappa shape index (κ1) is 40.4. The van der Waals surface area contributed by atoms with Crippen LogP contribution < -0.4 is 37.6 Å². The average Bonchev–Trinajstić information content (AvgIpc) is 3.45. The van der Waals surface area contributed by atoms with Crippen molar-refractivity contribution < 1.29 is 38.7 Å². The van der Waals surface area contributed by atoms with Crippen LogP contribution in [0.15, 0.2) is 30.5 Å². The van der Waals surface area contributed by atoms with Gasteiger partial charge >= 0.3 is 0 Å². The van der Waals surface area contributed by atoms with Gasteiger partial charge in [-0.2, -0.15) is 0 Å². The second-order valence-corrected chi connectivity index (χ2v) is 14.2. The summed E-state index contributed by atoms with van der Waals surface area (Å²) < 4.78 is 0. The van der Waals surface area contributed by atoms with Gasteiger partial charge < -0.3 is 47.7 Å². The molecule has 0 bridgehead atoms. The number of primary amides is 1. The SMILES string of the molecule is CC(C)C[C@@H]1NC(=O)[C@H](Cc2c[nH]c3ccccc23)NC(=O)[C@@H](CO)NC(=O)[C@H](CC(N)=O)NC(=O)[C@H](C(C)C)NC(=O)[C@@H](CC(C)C)NC1=O. The molecule has 16 heteroatoms. The maximum atomic E-state index is 14.0. The molecule has 280 valence electrons. The Morgan fingerprint density at radius 3 is 1.69 bits per heavy atom. The van der Waals surface area contributed by atoms with Crippen LogP contribution in [0.1, 0.15) is 66.4 Å². The van der Waals surface area contributed by atoms with Crippen LogP contribution in [0.3, 0.4) is 0 Å². The molecule has 10 N–H and O–H groups in total. The lowest BCUT2D eigenvalue weighted by Crippen LogP contribution is -2.63. The molecule has 0 aliphatic carbocycles. The topological polar surface area (TPSA) is 254 Å². The van der Waals surface area contributed by atoms with Crippen LogP contribution in [0.2, 0.25) is 0 Å². The highest BCUT2D eigenvalue weighted by Crippen LogP contribution is 2.20. The number of rotatable bonds is 10. The van der Waals surface area contributed by atoms with Crippen molar-refractivity contribution in [2.75, 3.05) is 6.61 Å². The van der Waals surface area contributed by atoms with E-state index < -0.39 is 96.5 Å². The van der Waals surface area contributed by atoms with Crippen LogP contribution in [0.5, 0.6) is 0 Å². The molecule has 1 aromatic carbocycles. The molecule has 1 aliphatic heterocycles. The van der Waals surface area contributed by atoms with Crippen molar-refractivity contribution in [1.29, 1.82) is 0 Å². The number of H-pyrrole nitrogens is 1. The van der Waals surface area contributed by atoms with Crippen molar-refractivity contribution in [2.24, 2.45) is 23.5 Å². The molecular formula is C35H52N8O8. The normalized spacial score (nSPS) is 24.7. The summed E-state index contributed by atoms with van der Waals surface area (Å²) in [6.07, 6.45) is 1.37. The van der Waals surface area contributed by atoms with E-state index in [1.165, 1.54) is 0 Å². The fraction of sp³-hybridized carbons (Fsp3) is 0.571. The number of nitrogens with two attached hydrogens (primary N) is 1. The van der Waals surface area contributed by atoms with E-state index in [4.69, 9.17) is 5.73 Å². The molecule has 1 saturated heterocycles. The molecule has 16 nitrogen and oxygen atoms in total.